The number of benzene rings is 1. The first-order valence-corrected chi connectivity index (χ1v) is 6.49. The van der Waals surface area contributed by atoms with Gasteiger partial charge in [0.1, 0.15) is 0 Å². The van der Waals surface area contributed by atoms with E-state index in [4.69, 9.17) is 0 Å². The predicted octanol–water partition coefficient (Wildman–Crippen LogP) is 3.23. The number of hydrogen-bond donors (Lipinski definition) is 1. The summed E-state index contributed by atoms with van der Waals surface area (Å²) in [5, 5.41) is 3.45. The molecule has 1 heteroatoms. The van der Waals surface area contributed by atoms with Crippen molar-refractivity contribution in [1.29, 1.82) is 0 Å². The van der Waals surface area contributed by atoms with Crippen molar-refractivity contribution in [3.8, 4) is 0 Å². The molecule has 0 bridgehead atoms. The van der Waals surface area contributed by atoms with E-state index in [-0.39, 0.29) is 0 Å². The van der Waals surface area contributed by atoms with Crippen LogP contribution in [0.2, 0.25) is 0 Å². The lowest BCUT2D eigenvalue weighted by atomic mass is 9.92. The second kappa shape index (κ2) is 5.01. The number of hydrogen-bond acceptors (Lipinski definition) is 1. The van der Waals surface area contributed by atoms with Crippen molar-refractivity contribution in [2.75, 3.05) is 6.54 Å². The molecule has 0 aliphatic carbocycles. The molecule has 1 aliphatic heterocycles. The summed E-state index contributed by atoms with van der Waals surface area (Å²) in [4.78, 5) is 0. The highest BCUT2D eigenvalue weighted by Crippen LogP contribution is 2.21. The highest BCUT2D eigenvalue weighted by molar-refractivity contribution is 5.39. The summed E-state index contributed by atoms with van der Waals surface area (Å²) >= 11 is 0. The zero-order valence-corrected chi connectivity index (χ0v) is 10.8. The van der Waals surface area contributed by atoms with Crippen LogP contribution in [0.5, 0.6) is 0 Å². The van der Waals surface area contributed by atoms with E-state index in [0.29, 0.717) is 0 Å². The number of rotatable bonds is 3. The minimum Gasteiger partial charge on any atom is -0.312 e. The Kier molecular flexibility index (Phi) is 3.65. The molecule has 0 atom stereocenters. The van der Waals surface area contributed by atoms with Crippen LogP contribution in [0.3, 0.4) is 0 Å². The molecule has 1 aliphatic rings. The van der Waals surface area contributed by atoms with E-state index in [9.17, 15) is 0 Å². The Morgan fingerprint density at radius 1 is 1.25 bits per heavy atom. The van der Waals surface area contributed by atoms with Gasteiger partial charge in [0, 0.05) is 6.54 Å². The first kappa shape index (κ1) is 11.7. The molecule has 2 rings (SSSR count). The minimum absolute atomic E-state index is 0.800. The molecule has 16 heavy (non-hydrogen) atoms. The monoisotopic (exact) mass is 217 g/mol. The molecule has 0 radical (unpaired) electrons. The molecule has 0 aromatic heterocycles. The number of aryl methyl sites for hydroxylation is 2. The molecule has 0 fully saturated rings. The summed E-state index contributed by atoms with van der Waals surface area (Å²) in [6, 6.07) is 4.84. The molecule has 0 saturated heterocycles. The van der Waals surface area contributed by atoms with Gasteiger partial charge in [-0.3, -0.25) is 0 Å². The fourth-order valence-corrected chi connectivity index (χ4v) is 2.42. The van der Waals surface area contributed by atoms with E-state index in [2.05, 4.69) is 38.2 Å². The molecule has 88 valence electrons. The topological polar surface area (TPSA) is 12.0 Å². The van der Waals surface area contributed by atoms with Crippen LogP contribution >= 0.6 is 0 Å². The lowest BCUT2D eigenvalue weighted by Crippen LogP contribution is -2.24. The van der Waals surface area contributed by atoms with Crippen molar-refractivity contribution in [2.45, 2.75) is 46.6 Å². The highest BCUT2D eigenvalue weighted by Gasteiger charge is 2.11. The van der Waals surface area contributed by atoms with Gasteiger partial charge in [0.2, 0.25) is 0 Å². The van der Waals surface area contributed by atoms with Gasteiger partial charge < -0.3 is 5.32 Å². The van der Waals surface area contributed by atoms with E-state index < -0.39 is 0 Å². The van der Waals surface area contributed by atoms with Crippen molar-refractivity contribution >= 4 is 0 Å². The van der Waals surface area contributed by atoms with Crippen LogP contribution in [0, 0.1) is 12.8 Å². The zero-order valence-electron chi connectivity index (χ0n) is 10.8. The largest absolute Gasteiger partial charge is 0.312 e. The summed E-state index contributed by atoms with van der Waals surface area (Å²) in [6.45, 7) is 9.06. The van der Waals surface area contributed by atoms with E-state index in [1.807, 2.05) is 0 Å². The molecule has 0 unspecified atom stereocenters. The molecule has 0 spiro atoms. The smallest absolute Gasteiger partial charge is 0.0208 e. The van der Waals surface area contributed by atoms with E-state index in [1.165, 1.54) is 30.4 Å². The number of nitrogens with one attached hydrogen (secondary N) is 1. The van der Waals surface area contributed by atoms with E-state index >= 15 is 0 Å². The first-order valence-electron chi connectivity index (χ1n) is 6.49. The minimum atomic E-state index is 0.800. The van der Waals surface area contributed by atoms with Crippen LogP contribution in [0.25, 0.3) is 0 Å². The maximum Gasteiger partial charge on any atom is 0.0208 e. The summed E-state index contributed by atoms with van der Waals surface area (Å²) < 4.78 is 0. The van der Waals surface area contributed by atoms with Crippen LogP contribution in [0.1, 0.15) is 42.5 Å². The van der Waals surface area contributed by atoms with Crippen LogP contribution in [0.15, 0.2) is 12.1 Å². The standard InChI is InChI=1S/C15H23N/c1-11(2)4-5-13-9-15-10-16-7-6-14(15)8-12(13)3/h8-9,11,16H,4-7,10H2,1-3H3. The van der Waals surface area contributed by atoms with E-state index in [0.717, 1.165) is 19.0 Å². The Morgan fingerprint density at radius 3 is 2.81 bits per heavy atom. The molecule has 0 saturated carbocycles. The maximum atomic E-state index is 3.45. The van der Waals surface area contributed by atoms with Gasteiger partial charge in [0.25, 0.3) is 0 Å². The van der Waals surface area contributed by atoms with Gasteiger partial charge in [-0.1, -0.05) is 26.0 Å². The lowest BCUT2D eigenvalue weighted by molar-refractivity contribution is 0.584. The maximum absolute atomic E-state index is 3.45. The molecule has 1 nitrogen and oxygen atoms in total. The fraction of sp³-hybridized carbons (Fsp3) is 0.600. The Bertz CT molecular complexity index is 366. The van der Waals surface area contributed by atoms with Crippen molar-refractivity contribution in [1.82, 2.24) is 5.32 Å². The van der Waals surface area contributed by atoms with Gasteiger partial charge in [-0.25, -0.2) is 0 Å². The lowest BCUT2D eigenvalue weighted by Gasteiger charge is -2.20. The Hall–Kier alpha value is -0.820. The number of fused-ring (bicyclic) bond motifs is 1. The van der Waals surface area contributed by atoms with Crippen molar-refractivity contribution in [3.05, 3.63) is 34.4 Å². The molecular formula is C15H23N. The Labute approximate surface area is 99.3 Å². The van der Waals surface area contributed by atoms with E-state index in [1.54, 1.807) is 11.1 Å². The second-order valence-corrected chi connectivity index (χ2v) is 5.41. The average Bonchev–Trinajstić information content (AvgIpc) is 2.26. The quantitative estimate of drug-likeness (QED) is 0.819. The van der Waals surface area contributed by atoms with Crippen molar-refractivity contribution < 1.29 is 0 Å². The van der Waals surface area contributed by atoms with Crippen LogP contribution < -0.4 is 5.32 Å². The first-order chi connectivity index (χ1) is 7.66. The van der Waals surface area contributed by atoms with Gasteiger partial charge in [0.05, 0.1) is 0 Å². The zero-order chi connectivity index (χ0) is 11.5. The van der Waals surface area contributed by atoms with Gasteiger partial charge in [-0.15, -0.1) is 0 Å². The fourth-order valence-electron chi connectivity index (χ4n) is 2.42. The normalized spacial score (nSPS) is 15.2. The molecular weight excluding hydrogens is 194 g/mol. The van der Waals surface area contributed by atoms with Gasteiger partial charge in [-0.05, 0) is 60.9 Å². The Balaban J connectivity index is 2.18. The van der Waals surface area contributed by atoms with Crippen LogP contribution in [-0.4, -0.2) is 6.54 Å². The third kappa shape index (κ3) is 2.65. The molecule has 1 N–H and O–H groups in total. The molecule has 0 amide bonds. The van der Waals surface area contributed by atoms with Crippen LogP contribution in [-0.2, 0) is 19.4 Å². The average molecular weight is 217 g/mol. The van der Waals surface area contributed by atoms with Gasteiger partial charge in [0.15, 0.2) is 0 Å². The molecule has 1 aromatic rings. The molecule has 1 heterocycles. The van der Waals surface area contributed by atoms with Crippen molar-refractivity contribution in [3.63, 3.8) is 0 Å². The second-order valence-electron chi connectivity index (χ2n) is 5.41. The summed E-state index contributed by atoms with van der Waals surface area (Å²) in [6.07, 6.45) is 3.73. The predicted molar refractivity (Wildman–Crippen MR) is 69.7 cm³/mol. The SMILES string of the molecule is Cc1cc2c(cc1CCC(C)C)CNCC2. The summed E-state index contributed by atoms with van der Waals surface area (Å²) in [7, 11) is 0. The third-order valence-corrected chi connectivity index (χ3v) is 3.54. The highest BCUT2D eigenvalue weighted by atomic mass is 14.9. The Morgan fingerprint density at radius 2 is 2.06 bits per heavy atom. The van der Waals surface area contributed by atoms with Gasteiger partial charge >= 0.3 is 0 Å². The third-order valence-electron chi connectivity index (χ3n) is 3.54. The summed E-state index contributed by atoms with van der Waals surface area (Å²) in [5.74, 6) is 0.800. The molecule has 1 aromatic carbocycles. The van der Waals surface area contributed by atoms with Crippen LogP contribution in [0.4, 0.5) is 0 Å². The summed E-state index contributed by atoms with van der Waals surface area (Å²) in [5.41, 5.74) is 6.12. The van der Waals surface area contributed by atoms with Gasteiger partial charge in [-0.2, -0.15) is 0 Å². The van der Waals surface area contributed by atoms with Crippen molar-refractivity contribution in [2.24, 2.45) is 5.92 Å².